The quantitative estimate of drug-likeness (QED) is 0.123. The van der Waals surface area contributed by atoms with Gasteiger partial charge in [-0.05, 0) is 78.3 Å². The molecule has 1 N–H and O–H groups in total. The average molecular weight is 763 g/mol. The summed E-state index contributed by atoms with van der Waals surface area (Å²) in [6.45, 7) is 10.5. The van der Waals surface area contributed by atoms with Crippen LogP contribution in [0.15, 0.2) is 23.4 Å². The number of carbonyl (C=O) groups is 2. The molecule has 0 radical (unpaired) electrons. The van der Waals surface area contributed by atoms with Crippen LogP contribution < -0.4 is 10.2 Å². The van der Waals surface area contributed by atoms with Crippen LogP contribution in [0.1, 0.15) is 65.5 Å². The summed E-state index contributed by atoms with van der Waals surface area (Å²) < 4.78 is 88.1. The summed E-state index contributed by atoms with van der Waals surface area (Å²) in [5, 5.41) is 11.9. The number of aromatic nitrogens is 2. The van der Waals surface area contributed by atoms with Crippen molar-refractivity contribution in [2.45, 2.75) is 89.0 Å². The summed E-state index contributed by atoms with van der Waals surface area (Å²) >= 11 is 1.68. The Morgan fingerprint density at radius 1 is 1.02 bits per heavy atom. The number of rotatable bonds is 4. The standard InChI is InChI=1S/C35H35F5N6O4S2/c1-33(2,3)49-31(47)44-29-20(13-41)23-18(10-11-22(36)27(23)52-29)24-21(35(38,39)40)12-19-26(25(24)37)42-30(51-7)43-28(19)45-14-16-8-9-17(15-45)46(16)32(48)50-34(4,5)6/h10-12,16-17H,8-9,14-15H2,1-7H3,(H,44,47). The second-order valence-electron chi connectivity index (χ2n) is 14.6. The van der Waals surface area contributed by atoms with Gasteiger partial charge in [0.25, 0.3) is 0 Å². The van der Waals surface area contributed by atoms with Gasteiger partial charge in [0, 0.05) is 29.4 Å². The number of amides is 2. The van der Waals surface area contributed by atoms with Crippen LogP contribution in [0.2, 0.25) is 0 Å². The van der Waals surface area contributed by atoms with E-state index in [2.05, 4.69) is 15.3 Å². The number of thioether (sulfide) groups is 1. The fourth-order valence-electron chi connectivity index (χ4n) is 6.67. The van der Waals surface area contributed by atoms with Crippen molar-refractivity contribution in [3.8, 4) is 17.2 Å². The molecular formula is C35H35F5N6O4S2. The summed E-state index contributed by atoms with van der Waals surface area (Å²) in [4.78, 5) is 37.9. The third kappa shape index (κ3) is 7.02. The predicted molar refractivity (Wildman–Crippen MR) is 189 cm³/mol. The SMILES string of the molecule is CSc1nc(N2CC3CCC(C2)N3C(=O)OC(C)(C)C)c2cc(C(F)(F)F)c(-c3ccc(F)c4sc(NC(=O)OC(C)(C)C)c(C#N)c34)c(F)c2n1. The number of carbonyl (C=O) groups excluding carboxylic acids is 2. The molecule has 2 aliphatic heterocycles. The van der Waals surface area contributed by atoms with Gasteiger partial charge < -0.3 is 14.4 Å². The lowest BCUT2D eigenvalue weighted by Crippen LogP contribution is -2.57. The van der Waals surface area contributed by atoms with Crippen LogP contribution in [0.3, 0.4) is 0 Å². The smallest absolute Gasteiger partial charge is 0.417 e. The Kier molecular flexibility index (Phi) is 9.48. The molecule has 10 nitrogen and oxygen atoms in total. The monoisotopic (exact) mass is 762 g/mol. The van der Waals surface area contributed by atoms with Crippen LogP contribution >= 0.6 is 23.1 Å². The van der Waals surface area contributed by atoms with Gasteiger partial charge in [-0.2, -0.15) is 18.4 Å². The van der Waals surface area contributed by atoms with Crippen molar-refractivity contribution in [1.82, 2.24) is 14.9 Å². The first-order chi connectivity index (χ1) is 24.2. The number of fused-ring (bicyclic) bond motifs is 4. The molecule has 2 amide bonds. The lowest BCUT2D eigenvalue weighted by molar-refractivity contribution is -0.137. The highest BCUT2D eigenvalue weighted by atomic mass is 32.2. The maximum absolute atomic E-state index is 17.0. The van der Waals surface area contributed by atoms with E-state index >= 15 is 22.0 Å². The van der Waals surface area contributed by atoms with E-state index in [0.29, 0.717) is 24.2 Å². The van der Waals surface area contributed by atoms with Crippen molar-refractivity contribution in [3.05, 3.63) is 41.0 Å². The van der Waals surface area contributed by atoms with Crippen LogP contribution in [-0.2, 0) is 15.7 Å². The Balaban J connectivity index is 1.53. The molecule has 0 aliphatic carbocycles. The third-order valence-electron chi connectivity index (χ3n) is 8.55. The summed E-state index contributed by atoms with van der Waals surface area (Å²) in [6, 6.07) is 3.85. The van der Waals surface area contributed by atoms with E-state index in [-0.39, 0.29) is 62.2 Å². The van der Waals surface area contributed by atoms with Crippen LogP contribution in [0.4, 0.5) is 42.4 Å². The second-order valence-corrected chi connectivity index (χ2v) is 16.4. The van der Waals surface area contributed by atoms with Gasteiger partial charge >= 0.3 is 18.4 Å². The zero-order chi connectivity index (χ0) is 38.1. The summed E-state index contributed by atoms with van der Waals surface area (Å²) in [5.41, 5.74) is -5.16. The lowest BCUT2D eigenvalue weighted by atomic mass is 9.92. The molecule has 2 unspecified atom stereocenters. The summed E-state index contributed by atoms with van der Waals surface area (Å²) in [6.07, 6.45) is -3.66. The molecule has 2 atom stereocenters. The number of nitrogens with zero attached hydrogens (tertiary/aromatic N) is 5. The molecule has 52 heavy (non-hydrogen) atoms. The van der Waals surface area contributed by atoms with E-state index in [0.717, 1.165) is 30.0 Å². The molecule has 2 saturated heterocycles. The minimum Gasteiger partial charge on any atom is -0.444 e. The van der Waals surface area contributed by atoms with Gasteiger partial charge in [-0.3, -0.25) is 10.2 Å². The molecule has 0 spiro atoms. The Bertz CT molecular complexity index is 2140. The number of piperazine rings is 1. The van der Waals surface area contributed by atoms with E-state index in [1.54, 1.807) is 57.6 Å². The molecule has 2 fully saturated rings. The van der Waals surface area contributed by atoms with Crippen molar-refractivity contribution < 1.29 is 41.0 Å². The number of hydrogen-bond donors (Lipinski definition) is 1. The first-order valence-electron chi connectivity index (χ1n) is 16.3. The van der Waals surface area contributed by atoms with Gasteiger partial charge in [0.1, 0.15) is 39.4 Å². The zero-order valence-corrected chi connectivity index (χ0v) is 30.9. The molecule has 2 aromatic heterocycles. The molecule has 4 aromatic rings. The molecule has 6 rings (SSSR count). The highest BCUT2D eigenvalue weighted by Gasteiger charge is 2.46. The first-order valence-corrected chi connectivity index (χ1v) is 18.3. The van der Waals surface area contributed by atoms with E-state index < -0.39 is 63.4 Å². The van der Waals surface area contributed by atoms with Crippen molar-refractivity contribution in [3.63, 3.8) is 0 Å². The Labute approximate surface area is 304 Å². The van der Waals surface area contributed by atoms with Crippen molar-refractivity contribution in [2.24, 2.45) is 0 Å². The summed E-state index contributed by atoms with van der Waals surface area (Å²) in [5.74, 6) is -2.15. The van der Waals surface area contributed by atoms with E-state index in [1.165, 1.54) is 0 Å². The number of benzene rings is 2. The number of alkyl halides is 3. The van der Waals surface area contributed by atoms with Gasteiger partial charge in [-0.15, -0.1) is 11.3 Å². The minimum atomic E-state index is -5.13. The molecule has 4 heterocycles. The number of thiophene rings is 1. The van der Waals surface area contributed by atoms with Gasteiger partial charge in [0.2, 0.25) is 0 Å². The van der Waals surface area contributed by atoms with Gasteiger partial charge in [-0.1, -0.05) is 17.8 Å². The van der Waals surface area contributed by atoms with Gasteiger partial charge in [0.05, 0.1) is 27.9 Å². The van der Waals surface area contributed by atoms with Gasteiger partial charge in [-0.25, -0.2) is 28.3 Å². The first kappa shape index (κ1) is 37.3. The molecule has 2 aromatic carbocycles. The lowest BCUT2D eigenvalue weighted by Gasteiger charge is -2.42. The molecule has 2 aliphatic rings. The van der Waals surface area contributed by atoms with Crippen molar-refractivity contribution in [1.29, 1.82) is 5.26 Å². The van der Waals surface area contributed by atoms with E-state index in [4.69, 9.17) is 9.47 Å². The van der Waals surface area contributed by atoms with E-state index in [9.17, 15) is 14.9 Å². The van der Waals surface area contributed by atoms with Crippen LogP contribution in [0, 0.1) is 23.0 Å². The van der Waals surface area contributed by atoms with Crippen LogP contribution in [-0.4, -0.2) is 69.7 Å². The fraction of sp³-hybridized carbons (Fsp3) is 0.457. The largest absolute Gasteiger partial charge is 0.444 e. The number of hydrogen-bond acceptors (Lipinski definition) is 10. The highest BCUT2D eigenvalue weighted by molar-refractivity contribution is 7.98. The Morgan fingerprint density at radius 2 is 1.65 bits per heavy atom. The normalized spacial score (nSPS) is 17.8. The zero-order valence-electron chi connectivity index (χ0n) is 29.3. The van der Waals surface area contributed by atoms with Crippen molar-refractivity contribution >= 4 is 67.1 Å². The number of nitrogens with one attached hydrogen (secondary N) is 1. The molecule has 17 heteroatoms. The Morgan fingerprint density at radius 3 is 2.21 bits per heavy atom. The molecular weight excluding hydrogens is 728 g/mol. The topological polar surface area (TPSA) is 121 Å². The van der Waals surface area contributed by atoms with E-state index in [1.807, 2.05) is 6.07 Å². The highest BCUT2D eigenvalue weighted by Crippen LogP contribution is 2.49. The number of ether oxygens (including phenoxy) is 2. The molecule has 2 bridgehead atoms. The number of halogens is 5. The maximum Gasteiger partial charge on any atom is 0.417 e. The summed E-state index contributed by atoms with van der Waals surface area (Å²) in [7, 11) is 0. The molecule has 0 saturated carbocycles. The maximum atomic E-state index is 17.0. The number of nitriles is 1. The van der Waals surface area contributed by atoms with Crippen LogP contribution in [0.25, 0.3) is 32.1 Å². The Hall–Kier alpha value is -4.43. The predicted octanol–water partition coefficient (Wildman–Crippen LogP) is 9.34. The van der Waals surface area contributed by atoms with Crippen LogP contribution in [0.5, 0.6) is 0 Å². The third-order valence-corrected chi connectivity index (χ3v) is 10.2. The molecule has 276 valence electrons. The average Bonchev–Trinajstić information content (AvgIpc) is 3.52. The fourth-order valence-corrected chi connectivity index (χ4v) is 8.10. The number of anilines is 2. The van der Waals surface area contributed by atoms with Gasteiger partial charge in [0.15, 0.2) is 11.0 Å². The minimum absolute atomic E-state index is 0.0763. The van der Waals surface area contributed by atoms with Crippen molar-refractivity contribution in [2.75, 3.05) is 29.6 Å². The second kappa shape index (κ2) is 13.2.